The van der Waals surface area contributed by atoms with E-state index in [4.69, 9.17) is 14.2 Å². The Kier molecular flexibility index (Phi) is 7.53. The Hall–Kier alpha value is -1.59. The molecule has 0 bridgehead atoms. The third kappa shape index (κ3) is 5.23. The van der Waals surface area contributed by atoms with Gasteiger partial charge in [-0.2, -0.15) is 0 Å². The Morgan fingerprint density at radius 3 is 2.85 bits per heavy atom. The predicted molar refractivity (Wildman–Crippen MR) is 106 cm³/mol. The maximum absolute atomic E-state index is 11.2. The van der Waals surface area contributed by atoms with Crippen molar-refractivity contribution in [3.63, 3.8) is 0 Å². The molecule has 0 aromatic heterocycles. The van der Waals surface area contributed by atoms with Gasteiger partial charge in [-0.3, -0.25) is 4.90 Å². The van der Waals surface area contributed by atoms with E-state index in [1.165, 1.54) is 5.56 Å². The molecule has 1 aromatic carbocycles. The number of carbonyl (C=O) groups is 1. The molecule has 27 heavy (non-hydrogen) atoms. The largest absolute Gasteiger partial charge is 0.454 e. The first kappa shape index (κ1) is 20.2. The number of benzene rings is 1. The van der Waals surface area contributed by atoms with Crippen molar-refractivity contribution < 1.29 is 19.0 Å². The highest BCUT2D eigenvalue weighted by Gasteiger charge is 2.33. The van der Waals surface area contributed by atoms with E-state index in [-0.39, 0.29) is 0 Å². The van der Waals surface area contributed by atoms with Gasteiger partial charge in [-0.05, 0) is 55.7 Å². The number of rotatable bonds is 11. The summed E-state index contributed by atoms with van der Waals surface area (Å²) in [5, 5.41) is 0. The van der Waals surface area contributed by atoms with Gasteiger partial charge in [0.15, 0.2) is 11.5 Å². The molecule has 5 nitrogen and oxygen atoms in total. The molecule has 0 N–H and O–H groups in total. The molecule has 0 radical (unpaired) electrons. The van der Waals surface area contributed by atoms with Gasteiger partial charge in [0.2, 0.25) is 6.79 Å². The Bertz CT molecular complexity index is 606. The van der Waals surface area contributed by atoms with E-state index >= 15 is 0 Å². The fourth-order valence-corrected chi connectivity index (χ4v) is 4.31. The van der Waals surface area contributed by atoms with E-state index in [9.17, 15) is 4.79 Å². The van der Waals surface area contributed by atoms with Crippen molar-refractivity contribution in [2.45, 2.75) is 70.4 Å². The van der Waals surface area contributed by atoms with Crippen molar-refractivity contribution in [1.29, 1.82) is 0 Å². The first-order valence-electron chi connectivity index (χ1n) is 10.4. The van der Waals surface area contributed by atoms with Crippen molar-refractivity contribution in [1.82, 2.24) is 4.90 Å². The molecule has 2 aliphatic heterocycles. The molecule has 3 unspecified atom stereocenters. The number of nitrogens with zero attached hydrogens (tertiary/aromatic N) is 1. The maximum Gasteiger partial charge on any atom is 0.231 e. The minimum atomic E-state index is 0.305. The van der Waals surface area contributed by atoms with Gasteiger partial charge in [-0.15, -0.1) is 0 Å². The van der Waals surface area contributed by atoms with E-state index in [1.54, 1.807) is 0 Å². The number of aldehydes is 1. The number of carbonyl (C=O) groups excluding carboxylic acids is 1. The Balaban J connectivity index is 1.61. The summed E-state index contributed by atoms with van der Waals surface area (Å²) >= 11 is 0. The van der Waals surface area contributed by atoms with Gasteiger partial charge in [0.05, 0.1) is 12.6 Å². The molecule has 3 atom stereocenters. The van der Waals surface area contributed by atoms with Crippen LogP contribution in [-0.4, -0.2) is 49.8 Å². The molecule has 0 spiro atoms. The number of hydrogen-bond donors (Lipinski definition) is 0. The molecule has 1 saturated heterocycles. The average molecular weight is 376 g/mol. The van der Waals surface area contributed by atoms with Crippen LogP contribution in [0.3, 0.4) is 0 Å². The van der Waals surface area contributed by atoms with Crippen molar-refractivity contribution in [3.05, 3.63) is 23.8 Å². The van der Waals surface area contributed by atoms with Crippen LogP contribution >= 0.6 is 0 Å². The van der Waals surface area contributed by atoms with Gasteiger partial charge in [0.1, 0.15) is 6.29 Å². The van der Waals surface area contributed by atoms with E-state index in [2.05, 4.69) is 30.9 Å². The average Bonchev–Trinajstić information content (AvgIpc) is 3.30. The summed E-state index contributed by atoms with van der Waals surface area (Å²) in [6.07, 6.45) is 7.95. The smallest absolute Gasteiger partial charge is 0.231 e. The van der Waals surface area contributed by atoms with E-state index in [1.807, 2.05) is 6.07 Å². The van der Waals surface area contributed by atoms with E-state index in [0.717, 1.165) is 69.5 Å². The van der Waals surface area contributed by atoms with Crippen LogP contribution in [0.15, 0.2) is 18.2 Å². The molecule has 3 rings (SSSR count). The summed E-state index contributed by atoms with van der Waals surface area (Å²) in [6.45, 7) is 6.96. The standard InChI is InChI=1S/C22H33NO4/c1-3-5-20(25-12-4-2)8-7-19-13-18(15-23(19)10-11-24)17-6-9-21-22(14-17)27-16-26-21/h6,9,11,14,18-20H,3-5,7-8,10,12-13,15-16H2,1-2H3. The SMILES string of the molecule is CCCOC(CCC)CCC1CC(c2ccc3c(c2)OCO3)CN1CC=O. The number of likely N-dealkylation sites (tertiary alicyclic amines) is 1. The predicted octanol–water partition coefficient (Wildman–Crippen LogP) is 4.15. The molecule has 2 aliphatic rings. The summed E-state index contributed by atoms with van der Waals surface area (Å²) in [6, 6.07) is 6.70. The molecule has 150 valence electrons. The monoisotopic (exact) mass is 375 g/mol. The summed E-state index contributed by atoms with van der Waals surface area (Å²) < 4.78 is 17.0. The fraction of sp³-hybridized carbons (Fsp3) is 0.682. The first-order valence-corrected chi connectivity index (χ1v) is 10.4. The number of ether oxygens (including phenoxy) is 3. The second kappa shape index (κ2) is 10.1. The van der Waals surface area contributed by atoms with Gasteiger partial charge in [-0.25, -0.2) is 0 Å². The molecule has 1 aromatic rings. The van der Waals surface area contributed by atoms with Crippen LogP contribution in [0, 0.1) is 0 Å². The summed E-state index contributed by atoms with van der Waals surface area (Å²) in [4.78, 5) is 13.5. The highest BCUT2D eigenvalue weighted by atomic mass is 16.7. The molecule has 2 heterocycles. The lowest BCUT2D eigenvalue weighted by molar-refractivity contribution is -0.109. The number of fused-ring (bicyclic) bond motifs is 1. The zero-order valence-electron chi connectivity index (χ0n) is 16.7. The topological polar surface area (TPSA) is 48.0 Å². The molecule has 0 aliphatic carbocycles. The van der Waals surface area contributed by atoms with E-state index < -0.39 is 0 Å². The lowest BCUT2D eigenvalue weighted by atomic mass is 9.94. The van der Waals surface area contributed by atoms with Gasteiger partial charge in [-0.1, -0.05) is 26.3 Å². The van der Waals surface area contributed by atoms with Gasteiger partial charge >= 0.3 is 0 Å². The van der Waals surface area contributed by atoms with Crippen LogP contribution in [0.4, 0.5) is 0 Å². The molecule has 0 saturated carbocycles. The first-order chi connectivity index (χ1) is 13.2. The van der Waals surface area contributed by atoms with Crippen molar-refractivity contribution in [2.75, 3.05) is 26.5 Å². The van der Waals surface area contributed by atoms with Crippen LogP contribution in [-0.2, 0) is 9.53 Å². The third-order valence-corrected chi connectivity index (χ3v) is 5.70. The van der Waals surface area contributed by atoms with Crippen LogP contribution in [0.25, 0.3) is 0 Å². The summed E-state index contributed by atoms with van der Waals surface area (Å²) in [7, 11) is 0. The second-order valence-corrected chi connectivity index (χ2v) is 7.68. The number of hydrogen-bond acceptors (Lipinski definition) is 5. The van der Waals surface area contributed by atoms with Crippen LogP contribution in [0.1, 0.15) is 63.9 Å². The lowest BCUT2D eigenvalue weighted by Crippen LogP contribution is -2.32. The minimum absolute atomic E-state index is 0.305. The molecule has 0 amide bonds. The van der Waals surface area contributed by atoms with Gasteiger partial charge < -0.3 is 19.0 Å². The lowest BCUT2D eigenvalue weighted by Gasteiger charge is -2.24. The Labute approximate surface area is 163 Å². The van der Waals surface area contributed by atoms with Crippen molar-refractivity contribution in [2.24, 2.45) is 0 Å². The highest BCUT2D eigenvalue weighted by Crippen LogP contribution is 2.39. The van der Waals surface area contributed by atoms with Crippen LogP contribution < -0.4 is 9.47 Å². The van der Waals surface area contributed by atoms with Gasteiger partial charge in [0.25, 0.3) is 0 Å². The van der Waals surface area contributed by atoms with Crippen LogP contribution in [0.2, 0.25) is 0 Å². The second-order valence-electron chi connectivity index (χ2n) is 7.68. The zero-order chi connectivity index (χ0) is 19.1. The minimum Gasteiger partial charge on any atom is -0.454 e. The normalized spacial score (nSPS) is 22.9. The summed E-state index contributed by atoms with van der Waals surface area (Å²) in [5.41, 5.74) is 1.28. The molecule has 5 heteroatoms. The summed E-state index contributed by atoms with van der Waals surface area (Å²) in [5.74, 6) is 2.10. The Morgan fingerprint density at radius 2 is 2.07 bits per heavy atom. The zero-order valence-corrected chi connectivity index (χ0v) is 16.7. The fourth-order valence-electron chi connectivity index (χ4n) is 4.31. The molecular formula is C22H33NO4. The van der Waals surface area contributed by atoms with E-state index in [0.29, 0.717) is 31.4 Å². The maximum atomic E-state index is 11.2. The van der Waals surface area contributed by atoms with Crippen molar-refractivity contribution >= 4 is 6.29 Å². The van der Waals surface area contributed by atoms with Crippen molar-refractivity contribution in [3.8, 4) is 11.5 Å². The van der Waals surface area contributed by atoms with Gasteiger partial charge in [0, 0.05) is 19.2 Å². The third-order valence-electron chi connectivity index (χ3n) is 5.70. The quantitative estimate of drug-likeness (QED) is 0.544. The highest BCUT2D eigenvalue weighted by molar-refractivity contribution is 5.52. The molecule has 1 fully saturated rings. The van der Waals surface area contributed by atoms with Crippen LogP contribution in [0.5, 0.6) is 11.5 Å². The molecular weight excluding hydrogens is 342 g/mol. The Morgan fingerprint density at radius 1 is 1.22 bits per heavy atom.